The van der Waals surface area contributed by atoms with Crippen molar-refractivity contribution in [3.8, 4) is 5.75 Å². The number of nitro benzene ring substituents is 1. The molecule has 0 fully saturated rings. The van der Waals surface area contributed by atoms with Crippen LogP contribution in [0.4, 0.5) is 17.1 Å². The van der Waals surface area contributed by atoms with Gasteiger partial charge in [0.2, 0.25) is 0 Å². The molecule has 0 aliphatic rings. The van der Waals surface area contributed by atoms with Gasteiger partial charge in [0.05, 0.1) is 22.2 Å². The minimum absolute atomic E-state index is 0.0424. The molecule has 0 heterocycles. The van der Waals surface area contributed by atoms with E-state index in [1.807, 2.05) is 75.9 Å². The second kappa shape index (κ2) is 15.0. The van der Waals surface area contributed by atoms with E-state index in [0.29, 0.717) is 52.5 Å². The number of halogens is 1. The SMILES string of the molecule is C/C=C(/C=C(/Br)C=O)C(=N/C(=C/CC)Nc1cc([N+](=O)[O-])c(N(C)CCN(C)C)cc1OC)\N(C)C. The Morgan fingerprint density at radius 2 is 1.89 bits per heavy atom. The van der Waals surface area contributed by atoms with Crippen LogP contribution in [0.3, 0.4) is 0 Å². The van der Waals surface area contributed by atoms with Crippen LogP contribution in [0.25, 0.3) is 0 Å². The molecule has 1 aromatic rings. The minimum atomic E-state index is -0.399. The van der Waals surface area contributed by atoms with Gasteiger partial charge < -0.3 is 24.8 Å². The summed E-state index contributed by atoms with van der Waals surface area (Å²) in [4.78, 5) is 33.1. The number of nitrogens with zero attached hydrogens (tertiary/aromatic N) is 5. The van der Waals surface area contributed by atoms with E-state index in [2.05, 4.69) is 21.2 Å². The lowest BCUT2D eigenvalue weighted by Gasteiger charge is -2.23. The van der Waals surface area contributed by atoms with Crippen LogP contribution in [-0.2, 0) is 4.79 Å². The largest absolute Gasteiger partial charge is 0.494 e. The molecule has 11 heteroatoms. The Hall–Kier alpha value is -3.18. The van der Waals surface area contributed by atoms with Crippen LogP contribution in [0.15, 0.2) is 51.2 Å². The number of amidine groups is 1. The van der Waals surface area contributed by atoms with Crippen LogP contribution in [0.2, 0.25) is 0 Å². The van der Waals surface area contributed by atoms with Crippen LogP contribution in [0.1, 0.15) is 20.3 Å². The molecule has 0 saturated carbocycles. The Labute approximate surface area is 222 Å². The number of carbonyl (C=O) groups is 1. The third kappa shape index (κ3) is 9.12. The maximum atomic E-state index is 12.0. The van der Waals surface area contributed by atoms with Crippen molar-refractivity contribution in [2.45, 2.75) is 20.3 Å². The molecule has 0 aliphatic heterocycles. The summed E-state index contributed by atoms with van der Waals surface area (Å²) in [6, 6.07) is 3.13. The average molecular weight is 566 g/mol. The second-order valence-corrected chi connectivity index (χ2v) is 9.28. The van der Waals surface area contributed by atoms with Gasteiger partial charge in [-0.05, 0) is 55.5 Å². The highest BCUT2D eigenvalue weighted by molar-refractivity contribution is 9.12. The van der Waals surface area contributed by atoms with Crippen LogP contribution >= 0.6 is 15.9 Å². The van der Waals surface area contributed by atoms with E-state index in [-0.39, 0.29) is 5.69 Å². The molecule has 1 aromatic carbocycles. The molecule has 0 spiro atoms. The Kier molecular flexibility index (Phi) is 12.9. The molecule has 0 aliphatic carbocycles. The van der Waals surface area contributed by atoms with Gasteiger partial charge in [0.1, 0.15) is 23.1 Å². The molecule has 0 atom stereocenters. The standard InChI is InChI=1S/C25H37BrN6O4/c1-9-11-24(28-25(30(5)6)18(10-2)14-19(26)17-33)27-20-15-22(32(34)35)21(16-23(20)36-8)31(7)13-12-29(3)4/h10-11,14-17,27H,9,12-13H2,1-8H3/b18-10-,19-14+,24-11+,28-25+. The maximum Gasteiger partial charge on any atom is 0.294 e. The number of allylic oxidation sites excluding steroid dienone is 3. The molecule has 0 saturated heterocycles. The van der Waals surface area contributed by atoms with E-state index in [0.717, 1.165) is 12.1 Å². The number of hydrogen-bond donors (Lipinski definition) is 1. The van der Waals surface area contributed by atoms with Gasteiger partial charge in [0.15, 0.2) is 6.29 Å². The van der Waals surface area contributed by atoms with Gasteiger partial charge in [-0.25, -0.2) is 4.99 Å². The number of anilines is 2. The number of rotatable bonds is 13. The van der Waals surface area contributed by atoms with E-state index in [4.69, 9.17) is 9.73 Å². The predicted molar refractivity (Wildman–Crippen MR) is 151 cm³/mol. The summed E-state index contributed by atoms with van der Waals surface area (Å²) in [7, 11) is 10.9. The summed E-state index contributed by atoms with van der Waals surface area (Å²) < 4.78 is 5.97. The first-order valence-electron chi connectivity index (χ1n) is 11.4. The zero-order valence-corrected chi connectivity index (χ0v) is 23.9. The van der Waals surface area contributed by atoms with E-state index < -0.39 is 4.92 Å². The highest BCUT2D eigenvalue weighted by atomic mass is 79.9. The summed E-state index contributed by atoms with van der Waals surface area (Å²) in [5, 5.41) is 15.2. The highest BCUT2D eigenvalue weighted by Gasteiger charge is 2.22. The van der Waals surface area contributed by atoms with Gasteiger partial charge in [-0.3, -0.25) is 14.9 Å². The zero-order chi connectivity index (χ0) is 27.4. The van der Waals surface area contributed by atoms with Gasteiger partial charge >= 0.3 is 0 Å². The monoisotopic (exact) mass is 564 g/mol. The topological polar surface area (TPSA) is 104 Å². The van der Waals surface area contributed by atoms with Gasteiger partial charge in [0.25, 0.3) is 5.69 Å². The molecule has 0 radical (unpaired) electrons. The Balaban J connectivity index is 3.58. The fourth-order valence-corrected chi connectivity index (χ4v) is 3.45. The lowest BCUT2D eigenvalue weighted by molar-refractivity contribution is -0.384. The first-order valence-corrected chi connectivity index (χ1v) is 12.2. The van der Waals surface area contributed by atoms with Crippen LogP contribution in [0, 0.1) is 10.1 Å². The van der Waals surface area contributed by atoms with Crippen molar-refractivity contribution in [1.29, 1.82) is 0 Å². The van der Waals surface area contributed by atoms with E-state index >= 15 is 0 Å². The molecule has 10 nitrogen and oxygen atoms in total. The van der Waals surface area contributed by atoms with Gasteiger partial charge in [-0.2, -0.15) is 0 Å². The summed E-state index contributed by atoms with van der Waals surface area (Å²) >= 11 is 3.23. The molecule has 1 N–H and O–H groups in total. The quantitative estimate of drug-likeness (QED) is 0.0702. The van der Waals surface area contributed by atoms with Crippen molar-refractivity contribution in [3.63, 3.8) is 0 Å². The molecule has 0 unspecified atom stereocenters. The Morgan fingerprint density at radius 3 is 2.36 bits per heavy atom. The fraction of sp³-hybridized carbons (Fsp3) is 0.440. The maximum absolute atomic E-state index is 12.0. The van der Waals surface area contributed by atoms with Crippen molar-refractivity contribution in [1.82, 2.24) is 9.80 Å². The second-order valence-electron chi connectivity index (χ2n) is 8.37. The number of aldehydes is 1. The van der Waals surface area contributed by atoms with Crippen molar-refractivity contribution in [2.75, 3.05) is 65.7 Å². The first kappa shape index (κ1) is 30.9. The van der Waals surface area contributed by atoms with E-state index in [1.54, 1.807) is 12.1 Å². The van der Waals surface area contributed by atoms with E-state index in [9.17, 15) is 14.9 Å². The fourth-order valence-electron chi connectivity index (χ4n) is 3.20. The number of benzene rings is 1. The lowest BCUT2D eigenvalue weighted by Crippen LogP contribution is -2.29. The summed E-state index contributed by atoms with van der Waals surface area (Å²) in [6.07, 6.45) is 6.77. The van der Waals surface area contributed by atoms with Gasteiger partial charge in [0, 0.05) is 51.9 Å². The Morgan fingerprint density at radius 1 is 1.22 bits per heavy atom. The minimum Gasteiger partial charge on any atom is -0.494 e. The number of nitrogens with one attached hydrogen (secondary N) is 1. The molecular weight excluding hydrogens is 528 g/mol. The van der Waals surface area contributed by atoms with Crippen LogP contribution < -0.4 is 15.0 Å². The van der Waals surface area contributed by atoms with Crippen molar-refractivity contribution in [3.05, 3.63) is 56.4 Å². The third-order valence-electron chi connectivity index (χ3n) is 5.07. The smallest absolute Gasteiger partial charge is 0.294 e. The molecule has 36 heavy (non-hydrogen) atoms. The third-order valence-corrected chi connectivity index (χ3v) is 5.49. The molecule has 0 amide bonds. The van der Waals surface area contributed by atoms with Crippen LogP contribution in [0.5, 0.6) is 5.75 Å². The lowest BCUT2D eigenvalue weighted by atomic mass is 10.2. The summed E-state index contributed by atoms with van der Waals surface area (Å²) in [5.74, 6) is 1.53. The number of carbonyl (C=O) groups excluding carboxylic acids is 1. The number of likely N-dealkylation sites (N-methyl/N-ethyl adjacent to an activating group) is 3. The Bertz CT molecular complexity index is 1050. The number of ether oxygens (including phenoxy) is 1. The molecule has 1 rings (SSSR count). The summed E-state index contributed by atoms with van der Waals surface area (Å²) in [5.41, 5.74) is 1.56. The predicted octanol–water partition coefficient (Wildman–Crippen LogP) is 4.65. The van der Waals surface area contributed by atoms with Gasteiger partial charge in [-0.15, -0.1) is 0 Å². The van der Waals surface area contributed by atoms with Crippen molar-refractivity contribution in [2.24, 2.45) is 4.99 Å². The highest BCUT2D eigenvalue weighted by Crippen LogP contribution is 2.38. The number of aliphatic imine (C=N–C) groups is 1. The van der Waals surface area contributed by atoms with Crippen molar-refractivity contribution >= 4 is 45.1 Å². The number of methoxy groups -OCH3 is 1. The number of hydrogen-bond acceptors (Lipinski definition) is 8. The van der Waals surface area contributed by atoms with Gasteiger partial charge in [-0.1, -0.05) is 13.0 Å². The summed E-state index contributed by atoms with van der Waals surface area (Å²) in [6.45, 7) is 5.17. The molecule has 0 bridgehead atoms. The zero-order valence-electron chi connectivity index (χ0n) is 22.3. The van der Waals surface area contributed by atoms with Crippen molar-refractivity contribution < 1.29 is 14.5 Å². The van der Waals surface area contributed by atoms with Crippen LogP contribution in [-0.4, -0.2) is 82.3 Å². The number of nitro groups is 1. The van der Waals surface area contributed by atoms with E-state index in [1.165, 1.54) is 13.2 Å². The molecular formula is C25H37BrN6O4. The average Bonchev–Trinajstić information content (AvgIpc) is 2.83. The molecule has 198 valence electrons. The molecule has 0 aromatic heterocycles. The first-order chi connectivity index (χ1) is 17.0. The normalized spacial score (nSPS) is 13.1.